The maximum atomic E-state index is 13.3. The Labute approximate surface area is 93.5 Å². The van der Waals surface area contributed by atoms with Gasteiger partial charge in [0.2, 0.25) is 0 Å². The molecular weight excluding hydrogens is 211 g/mol. The summed E-state index contributed by atoms with van der Waals surface area (Å²) in [5.74, 6) is -0.599. The van der Waals surface area contributed by atoms with Crippen LogP contribution in [0, 0.1) is 5.82 Å². The lowest BCUT2D eigenvalue weighted by Gasteiger charge is -2.05. The van der Waals surface area contributed by atoms with E-state index >= 15 is 0 Å². The Kier molecular flexibility index (Phi) is 4.51. The van der Waals surface area contributed by atoms with Crippen LogP contribution >= 0.6 is 0 Å². The molecule has 0 aliphatic rings. The Morgan fingerprint density at radius 2 is 2.19 bits per heavy atom. The number of para-hydroxylation sites is 1. The van der Waals surface area contributed by atoms with E-state index in [9.17, 15) is 9.18 Å². The first-order valence-corrected chi connectivity index (χ1v) is 4.75. The number of benzene rings is 1. The Morgan fingerprint density at radius 1 is 1.44 bits per heavy atom. The third kappa shape index (κ3) is 3.08. The summed E-state index contributed by atoms with van der Waals surface area (Å²) < 4.78 is 22.6. The number of halogens is 1. The van der Waals surface area contributed by atoms with Gasteiger partial charge in [-0.2, -0.15) is 0 Å². The van der Waals surface area contributed by atoms with Gasteiger partial charge >= 0.3 is 5.97 Å². The van der Waals surface area contributed by atoms with E-state index in [0.29, 0.717) is 5.56 Å². The molecule has 0 aromatic heterocycles. The number of ether oxygens (including phenoxy) is 2. The van der Waals surface area contributed by atoms with E-state index in [4.69, 9.17) is 4.74 Å². The van der Waals surface area contributed by atoms with E-state index in [0.717, 1.165) is 0 Å². The summed E-state index contributed by atoms with van der Waals surface area (Å²) in [5, 5.41) is 0. The summed E-state index contributed by atoms with van der Waals surface area (Å²) in [6.45, 7) is 0. The van der Waals surface area contributed by atoms with Crippen LogP contribution in [0.5, 0.6) is 5.75 Å². The highest BCUT2D eigenvalue weighted by Gasteiger charge is 2.05. The van der Waals surface area contributed by atoms with E-state index in [1.54, 1.807) is 24.3 Å². The monoisotopic (exact) mass is 224 g/mol. The number of esters is 1. The van der Waals surface area contributed by atoms with Crippen LogP contribution in [0.3, 0.4) is 0 Å². The molecule has 0 aliphatic heterocycles. The highest BCUT2D eigenvalue weighted by molar-refractivity contribution is 5.73. The van der Waals surface area contributed by atoms with Gasteiger partial charge in [-0.25, -0.2) is 4.39 Å². The zero-order chi connectivity index (χ0) is 12.0. The first-order valence-electron chi connectivity index (χ1n) is 4.75. The van der Waals surface area contributed by atoms with E-state index in [2.05, 4.69) is 4.74 Å². The van der Waals surface area contributed by atoms with Gasteiger partial charge in [0.05, 0.1) is 20.6 Å². The molecule has 0 aliphatic carbocycles. The number of hydrogen-bond donors (Lipinski definition) is 0. The zero-order valence-corrected chi connectivity index (χ0v) is 9.20. The van der Waals surface area contributed by atoms with Crippen molar-refractivity contribution in [3.05, 3.63) is 35.7 Å². The molecule has 0 saturated heterocycles. The molecule has 0 atom stereocenters. The van der Waals surface area contributed by atoms with Crippen molar-refractivity contribution in [3.8, 4) is 5.75 Å². The molecule has 4 heteroatoms. The molecule has 0 fully saturated rings. The molecule has 0 bridgehead atoms. The summed E-state index contributed by atoms with van der Waals surface area (Å²) >= 11 is 0. The molecule has 0 unspecified atom stereocenters. The number of carbonyl (C=O) groups is 1. The summed E-state index contributed by atoms with van der Waals surface area (Å²) in [6.07, 6.45) is 3.37. The van der Waals surface area contributed by atoms with Crippen molar-refractivity contribution >= 4 is 12.0 Å². The normalized spacial score (nSPS) is 10.4. The minimum absolute atomic E-state index is 0.149. The van der Waals surface area contributed by atoms with Crippen LogP contribution < -0.4 is 4.74 Å². The predicted octanol–water partition coefficient (Wildman–Crippen LogP) is 2.41. The van der Waals surface area contributed by atoms with Gasteiger partial charge in [0.1, 0.15) is 0 Å². The van der Waals surface area contributed by atoms with Crippen LogP contribution in [0.25, 0.3) is 6.08 Å². The lowest BCUT2D eigenvalue weighted by atomic mass is 10.1. The zero-order valence-electron chi connectivity index (χ0n) is 9.20. The highest BCUT2D eigenvalue weighted by atomic mass is 19.1. The number of hydrogen-bond acceptors (Lipinski definition) is 3. The van der Waals surface area contributed by atoms with Gasteiger partial charge in [-0.1, -0.05) is 24.3 Å². The van der Waals surface area contributed by atoms with E-state index < -0.39 is 5.82 Å². The molecule has 1 aromatic carbocycles. The van der Waals surface area contributed by atoms with Crippen molar-refractivity contribution in [2.45, 2.75) is 6.42 Å². The minimum atomic E-state index is -0.428. The molecule has 1 aromatic rings. The van der Waals surface area contributed by atoms with Crippen LogP contribution in [0.15, 0.2) is 24.3 Å². The molecule has 3 nitrogen and oxygen atoms in total. The summed E-state index contributed by atoms with van der Waals surface area (Å²) in [6, 6.07) is 4.60. The van der Waals surface area contributed by atoms with Crippen LogP contribution in [-0.4, -0.2) is 20.2 Å². The van der Waals surface area contributed by atoms with Crippen LogP contribution in [0.1, 0.15) is 12.0 Å². The number of carbonyl (C=O) groups excluding carboxylic acids is 1. The second-order valence-electron chi connectivity index (χ2n) is 3.04. The second-order valence-corrected chi connectivity index (χ2v) is 3.04. The average molecular weight is 224 g/mol. The maximum absolute atomic E-state index is 13.3. The fourth-order valence-electron chi connectivity index (χ4n) is 1.24. The standard InChI is InChI=1S/C12H13FO3/c1-15-11(14)8-4-6-9-5-3-7-10(13)12(9)16-2/h3-7H,8H2,1-2H3. The van der Waals surface area contributed by atoms with Crippen molar-refractivity contribution in [1.29, 1.82) is 0 Å². The van der Waals surface area contributed by atoms with Crippen molar-refractivity contribution < 1.29 is 18.7 Å². The van der Waals surface area contributed by atoms with Gasteiger partial charge in [-0.15, -0.1) is 0 Å². The average Bonchev–Trinajstić information content (AvgIpc) is 2.29. The predicted molar refractivity (Wildman–Crippen MR) is 58.6 cm³/mol. The smallest absolute Gasteiger partial charge is 0.309 e. The fourth-order valence-corrected chi connectivity index (χ4v) is 1.24. The lowest BCUT2D eigenvalue weighted by molar-refractivity contribution is -0.139. The van der Waals surface area contributed by atoms with Crippen molar-refractivity contribution in [2.24, 2.45) is 0 Å². The highest BCUT2D eigenvalue weighted by Crippen LogP contribution is 2.23. The van der Waals surface area contributed by atoms with Crippen molar-refractivity contribution in [1.82, 2.24) is 0 Å². The molecular formula is C12H13FO3. The Hall–Kier alpha value is -1.84. The van der Waals surface area contributed by atoms with Crippen molar-refractivity contribution in [2.75, 3.05) is 14.2 Å². The molecule has 0 spiro atoms. The van der Waals surface area contributed by atoms with Gasteiger partial charge < -0.3 is 9.47 Å². The summed E-state index contributed by atoms with van der Waals surface area (Å²) in [7, 11) is 2.72. The maximum Gasteiger partial charge on any atom is 0.309 e. The summed E-state index contributed by atoms with van der Waals surface area (Å²) in [4.78, 5) is 10.8. The van der Waals surface area contributed by atoms with E-state index in [1.165, 1.54) is 20.3 Å². The molecule has 0 heterocycles. The first kappa shape index (κ1) is 12.2. The number of methoxy groups -OCH3 is 2. The SMILES string of the molecule is COC(=O)CC=Cc1cccc(F)c1OC. The first-order chi connectivity index (χ1) is 7.69. The molecule has 0 amide bonds. The van der Waals surface area contributed by atoms with Gasteiger partial charge in [0.15, 0.2) is 11.6 Å². The van der Waals surface area contributed by atoms with E-state index in [1.807, 2.05) is 0 Å². The van der Waals surface area contributed by atoms with Crippen LogP contribution in [0.4, 0.5) is 4.39 Å². The molecule has 0 saturated carbocycles. The van der Waals surface area contributed by atoms with Crippen LogP contribution in [-0.2, 0) is 9.53 Å². The molecule has 86 valence electrons. The number of rotatable bonds is 4. The second kappa shape index (κ2) is 5.90. The topological polar surface area (TPSA) is 35.5 Å². The van der Waals surface area contributed by atoms with Gasteiger partial charge in [-0.3, -0.25) is 4.79 Å². The fraction of sp³-hybridized carbons (Fsp3) is 0.250. The van der Waals surface area contributed by atoms with E-state index in [-0.39, 0.29) is 18.1 Å². The van der Waals surface area contributed by atoms with Crippen molar-refractivity contribution in [3.63, 3.8) is 0 Å². The molecule has 0 N–H and O–H groups in total. The summed E-state index contributed by atoms with van der Waals surface area (Å²) in [5.41, 5.74) is 0.589. The van der Waals surface area contributed by atoms with Gasteiger partial charge in [0, 0.05) is 5.56 Å². The third-order valence-corrected chi connectivity index (χ3v) is 2.01. The van der Waals surface area contributed by atoms with Gasteiger partial charge in [0.25, 0.3) is 0 Å². The Bertz CT molecular complexity index is 399. The quantitative estimate of drug-likeness (QED) is 0.737. The third-order valence-electron chi connectivity index (χ3n) is 2.01. The Balaban J connectivity index is 2.80. The largest absolute Gasteiger partial charge is 0.493 e. The molecule has 0 radical (unpaired) electrons. The Morgan fingerprint density at radius 3 is 2.81 bits per heavy atom. The minimum Gasteiger partial charge on any atom is -0.493 e. The van der Waals surface area contributed by atoms with Gasteiger partial charge in [-0.05, 0) is 6.07 Å². The molecule has 16 heavy (non-hydrogen) atoms. The lowest BCUT2D eigenvalue weighted by Crippen LogP contribution is -1.97. The molecule has 1 rings (SSSR count). The van der Waals surface area contributed by atoms with Crippen LogP contribution in [0.2, 0.25) is 0 Å².